The summed E-state index contributed by atoms with van der Waals surface area (Å²) in [5.74, 6) is 0. The predicted molar refractivity (Wildman–Crippen MR) is 86.4 cm³/mol. The fourth-order valence-corrected chi connectivity index (χ4v) is 3.11. The molecule has 0 saturated carbocycles. The van der Waals surface area contributed by atoms with Crippen molar-refractivity contribution in [1.82, 2.24) is 15.2 Å². The third-order valence-corrected chi connectivity index (χ3v) is 4.46. The van der Waals surface area contributed by atoms with E-state index in [9.17, 15) is 17.6 Å². The number of aromatic nitrogens is 3. The van der Waals surface area contributed by atoms with Crippen molar-refractivity contribution in [3.63, 3.8) is 0 Å². The molecule has 1 N–H and O–H groups in total. The zero-order chi connectivity index (χ0) is 17.8. The lowest BCUT2D eigenvalue weighted by molar-refractivity contribution is -0.137. The van der Waals surface area contributed by atoms with E-state index in [1.165, 1.54) is 0 Å². The standard InChI is InChI=1S/C16H11ClF4N4/c17-13-1-8(16(19,20)21)4-22-15(13)11-2-10(25-6-9(18)7-25)3-14-12(11)5-23-24-14/h1-5,9H,6-7H2,(H,23,24). The number of halogens is 5. The monoisotopic (exact) mass is 370 g/mol. The first kappa shape index (κ1) is 16.1. The Hall–Kier alpha value is -2.35. The first-order valence-corrected chi connectivity index (χ1v) is 7.80. The van der Waals surface area contributed by atoms with E-state index in [2.05, 4.69) is 15.2 Å². The molecular formula is C16H11ClF4N4. The minimum absolute atomic E-state index is 0.110. The molecule has 1 aliphatic rings. The number of alkyl halides is 4. The van der Waals surface area contributed by atoms with E-state index in [1.807, 2.05) is 11.0 Å². The fraction of sp³-hybridized carbons (Fsp3) is 0.250. The molecule has 130 valence electrons. The molecule has 2 aromatic heterocycles. The summed E-state index contributed by atoms with van der Waals surface area (Å²) in [6.45, 7) is 0.542. The largest absolute Gasteiger partial charge is 0.417 e. The number of anilines is 1. The maximum Gasteiger partial charge on any atom is 0.417 e. The van der Waals surface area contributed by atoms with Gasteiger partial charge in [-0.3, -0.25) is 10.1 Å². The zero-order valence-corrected chi connectivity index (χ0v) is 13.4. The Kier molecular flexibility index (Phi) is 3.61. The number of benzene rings is 1. The lowest BCUT2D eigenvalue weighted by Gasteiger charge is -2.36. The quantitative estimate of drug-likeness (QED) is 0.678. The van der Waals surface area contributed by atoms with Gasteiger partial charge in [0.05, 0.1) is 41.1 Å². The van der Waals surface area contributed by atoms with Crippen molar-refractivity contribution >= 4 is 28.2 Å². The SMILES string of the molecule is FC1CN(c2cc(-c3ncc(C(F)(F)F)cc3Cl)c3cn[nH]c3c2)C1. The minimum Gasteiger partial charge on any atom is -0.365 e. The van der Waals surface area contributed by atoms with E-state index in [0.29, 0.717) is 16.5 Å². The predicted octanol–water partition coefficient (Wildman–Crippen LogP) is 4.46. The first-order valence-electron chi connectivity index (χ1n) is 7.42. The Labute approximate surface area is 144 Å². The van der Waals surface area contributed by atoms with Gasteiger partial charge in [0.2, 0.25) is 0 Å². The molecule has 4 rings (SSSR count). The summed E-state index contributed by atoms with van der Waals surface area (Å²) >= 11 is 6.07. The molecule has 0 bridgehead atoms. The van der Waals surface area contributed by atoms with Crippen molar-refractivity contribution in [1.29, 1.82) is 0 Å². The highest BCUT2D eigenvalue weighted by Gasteiger charge is 2.32. The summed E-state index contributed by atoms with van der Waals surface area (Å²) < 4.78 is 51.6. The number of rotatable bonds is 2. The summed E-state index contributed by atoms with van der Waals surface area (Å²) in [7, 11) is 0. The third kappa shape index (κ3) is 2.80. The molecule has 1 aromatic carbocycles. The van der Waals surface area contributed by atoms with Crippen LogP contribution in [0.3, 0.4) is 0 Å². The van der Waals surface area contributed by atoms with Gasteiger partial charge in [0.25, 0.3) is 0 Å². The Morgan fingerprint density at radius 3 is 2.56 bits per heavy atom. The van der Waals surface area contributed by atoms with E-state index >= 15 is 0 Å². The van der Waals surface area contributed by atoms with Gasteiger partial charge < -0.3 is 4.90 Å². The topological polar surface area (TPSA) is 44.8 Å². The number of H-pyrrole nitrogens is 1. The van der Waals surface area contributed by atoms with Gasteiger partial charge in [-0.25, -0.2) is 4.39 Å². The number of nitrogens with one attached hydrogen (secondary N) is 1. The number of nitrogens with zero attached hydrogens (tertiary/aromatic N) is 3. The lowest BCUT2D eigenvalue weighted by Crippen LogP contribution is -2.48. The van der Waals surface area contributed by atoms with Crippen molar-refractivity contribution < 1.29 is 17.6 Å². The zero-order valence-electron chi connectivity index (χ0n) is 12.6. The molecule has 3 aromatic rings. The molecule has 1 fully saturated rings. The van der Waals surface area contributed by atoms with Gasteiger partial charge in [0.1, 0.15) is 6.17 Å². The van der Waals surface area contributed by atoms with E-state index in [-0.39, 0.29) is 23.8 Å². The molecule has 9 heteroatoms. The van der Waals surface area contributed by atoms with Gasteiger partial charge in [-0.15, -0.1) is 0 Å². The van der Waals surface area contributed by atoms with Crippen molar-refractivity contribution in [2.75, 3.05) is 18.0 Å². The minimum atomic E-state index is -4.52. The number of hydrogen-bond donors (Lipinski definition) is 1. The second-order valence-corrected chi connectivity index (χ2v) is 6.29. The van der Waals surface area contributed by atoms with Crippen LogP contribution >= 0.6 is 11.6 Å². The van der Waals surface area contributed by atoms with Crippen LogP contribution in [0.25, 0.3) is 22.2 Å². The molecule has 0 spiro atoms. The van der Waals surface area contributed by atoms with Gasteiger partial charge in [0.15, 0.2) is 0 Å². The summed E-state index contributed by atoms with van der Waals surface area (Å²) in [6, 6.07) is 4.41. The van der Waals surface area contributed by atoms with Crippen LogP contribution in [0.15, 0.2) is 30.6 Å². The van der Waals surface area contributed by atoms with Crippen LogP contribution in [0.1, 0.15) is 5.56 Å². The summed E-state index contributed by atoms with van der Waals surface area (Å²) in [5, 5.41) is 7.35. The summed E-state index contributed by atoms with van der Waals surface area (Å²) in [5.41, 5.74) is 1.26. The highest BCUT2D eigenvalue weighted by atomic mass is 35.5. The molecule has 0 unspecified atom stereocenters. The smallest absolute Gasteiger partial charge is 0.365 e. The Morgan fingerprint density at radius 2 is 1.92 bits per heavy atom. The molecule has 1 aliphatic heterocycles. The van der Waals surface area contributed by atoms with Crippen molar-refractivity contribution in [3.8, 4) is 11.3 Å². The maximum absolute atomic E-state index is 13.1. The van der Waals surface area contributed by atoms with Gasteiger partial charge in [0, 0.05) is 22.8 Å². The molecule has 0 amide bonds. The second kappa shape index (κ2) is 5.59. The Balaban J connectivity index is 1.84. The average molecular weight is 371 g/mol. The molecule has 1 saturated heterocycles. The highest BCUT2D eigenvalue weighted by Crippen LogP contribution is 2.38. The van der Waals surface area contributed by atoms with Crippen LogP contribution in [0, 0.1) is 0 Å². The van der Waals surface area contributed by atoms with Crippen LogP contribution in [-0.4, -0.2) is 34.4 Å². The van der Waals surface area contributed by atoms with E-state index in [4.69, 9.17) is 11.6 Å². The van der Waals surface area contributed by atoms with Gasteiger partial charge in [-0.05, 0) is 18.2 Å². The van der Waals surface area contributed by atoms with E-state index < -0.39 is 17.9 Å². The van der Waals surface area contributed by atoms with Crippen molar-refractivity contribution in [3.05, 3.63) is 41.2 Å². The maximum atomic E-state index is 13.1. The summed E-state index contributed by atoms with van der Waals surface area (Å²) in [4.78, 5) is 5.74. The van der Waals surface area contributed by atoms with Gasteiger partial charge in [-0.1, -0.05) is 11.6 Å². The fourth-order valence-electron chi connectivity index (χ4n) is 2.84. The molecule has 0 radical (unpaired) electrons. The molecular weight excluding hydrogens is 360 g/mol. The van der Waals surface area contributed by atoms with Crippen molar-refractivity contribution in [2.24, 2.45) is 0 Å². The number of hydrogen-bond acceptors (Lipinski definition) is 3. The van der Waals surface area contributed by atoms with Crippen LogP contribution in [0.2, 0.25) is 5.02 Å². The van der Waals surface area contributed by atoms with Gasteiger partial charge in [-0.2, -0.15) is 18.3 Å². The Bertz CT molecular complexity index is 947. The van der Waals surface area contributed by atoms with E-state index in [1.54, 1.807) is 12.3 Å². The van der Waals surface area contributed by atoms with Gasteiger partial charge >= 0.3 is 6.18 Å². The van der Waals surface area contributed by atoms with Crippen LogP contribution in [0.5, 0.6) is 0 Å². The normalized spacial score (nSPS) is 15.6. The molecule has 0 aliphatic carbocycles. The lowest BCUT2D eigenvalue weighted by atomic mass is 10.0. The highest BCUT2D eigenvalue weighted by molar-refractivity contribution is 6.33. The molecule has 4 nitrogen and oxygen atoms in total. The molecule has 3 heterocycles. The van der Waals surface area contributed by atoms with Crippen molar-refractivity contribution in [2.45, 2.75) is 12.3 Å². The molecule has 25 heavy (non-hydrogen) atoms. The van der Waals surface area contributed by atoms with Crippen LogP contribution in [0.4, 0.5) is 23.2 Å². The summed E-state index contributed by atoms with van der Waals surface area (Å²) in [6.07, 6.45) is -3.09. The average Bonchev–Trinajstić information content (AvgIpc) is 2.98. The van der Waals surface area contributed by atoms with Crippen LogP contribution < -0.4 is 4.90 Å². The first-order chi connectivity index (χ1) is 11.8. The third-order valence-electron chi connectivity index (χ3n) is 4.17. The van der Waals surface area contributed by atoms with E-state index in [0.717, 1.165) is 18.0 Å². The Morgan fingerprint density at radius 1 is 1.16 bits per heavy atom. The number of fused-ring (bicyclic) bond motifs is 1. The second-order valence-electron chi connectivity index (χ2n) is 5.88. The van der Waals surface area contributed by atoms with Crippen LogP contribution in [-0.2, 0) is 6.18 Å². The molecule has 0 atom stereocenters. The number of pyridine rings is 1. The number of aromatic amines is 1.